The molecule has 1 amide bonds. The standard InChI is InChI=1S/C21H22N4O/c26-21(12-18-6-3-5-17-4-1-2-7-19(17)18)24-14-16-8-9-20(23-13-16)25-11-10-22-15-25/h1-2,4,7-11,13,15,18H,3,5-6,12,14H2,(H,24,26)/t18-/m1/s1. The Morgan fingerprint density at radius 1 is 1.23 bits per heavy atom. The van der Waals surface area contributed by atoms with Crippen LogP contribution in [0, 0.1) is 0 Å². The SMILES string of the molecule is O=C(C[C@H]1CCCc2ccccc21)NCc1ccc(-n2ccnc2)nc1. The van der Waals surface area contributed by atoms with E-state index < -0.39 is 0 Å². The molecular weight excluding hydrogens is 324 g/mol. The number of nitrogens with one attached hydrogen (secondary N) is 1. The zero-order valence-corrected chi connectivity index (χ0v) is 14.6. The maximum Gasteiger partial charge on any atom is 0.220 e. The minimum absolute atomic E-state index is 0.102. The second-order valence-corrected chi connectivity index (χ2v) is 6.76. The van der Waals surface area contributed by atoms with E-state index in [9.17, 15) is 4.79 Å². The molecule has 0 radical (unpaired) electrons. The van der Waals surface area contributed by atoms with Crippen LogP contribution in [0.2, 0.25) is 0 Å². The molecule has 0 aliphatic heterocycles. The first kappa shape index (κ1) is 16.5. The molecule has 132 valence electrons. The van der Waals surface area contributed by atoms with Gasteiger partial charge in [0.2, 0.25) is 5.91 Å². The Kier molecular flexibility index (Phi) is 4.78. The summed E-state index contributed by atoms with van der Waals surface area (Å²) in [4.78, 5) is 20.8. The molecule has 4 rings (SSSR count). The summed E-state index contributed by atoms with van der Waals surface area (Å²) < 4.78 is 1.85. The monoisotopic (exact) mass is 346 g/mol. The number of amides is 1. The molecule has 0 spiro atoms. The molecule has 5 nitrogen and oxygen atoms in total. The van der Waals surface area contributed by atoms with Crippen molar-refractivity contribution in [3.8, 4) is 5.82 Å². The number of rotatable bonds is 5. The van der Waals surface area contributed by atoms with Crippen LogP contribution in [0.4, 0.5) is 0 Å². The van der Waals surface area contributed by atoms with Gasteiger partial charge in [-0.05, 0) is 47.9 Å². The van der Waals surface area contributed by atoms with Gasteiger partial charge in [-0.15, -0.1) is 0 Å². The number of fused-ring (bicyclic) bond motifs is 1. The highest BCUT2D eigenvalue weighted by Gasteiger charge is 2.22. The minimum Gasteiger partial charge on any atom is -0.352 e. The van der Waals surface area contributed by atoms with Crippen molar-refractivity contribution in [1.29, 1.82) is 0 Å². The van der Waals surface area contributed by atoms with Crippen molar-refractivity contribution >= 4 is 5.91 Å². The van der Waals surface area contributed by atoms with E-state index in [-0.39, 0.29) is 5.91 Å². The Morgan fingerprint density at radius 3 is 2.96 bits per heavy atom. The summed E-state index contributed by atoms with van der Waals surface area (Å²) in [7, 11) is 0. The lowest BCUT2D eigenvalue weighted by atomic mass is 9.81. The molecule has 2 aromatic heterocycles. The van der Waals surface area contributed by atoms with Gasteiger partial charge in [0.05, 0.1) is 0 Å². The van der Waals surface area contributed by atoms with Crippen molar-refractivity contribution in [2.45, 2.75) is 38.1 Å². The highest BCUT2D eigenvalue weighted by Crippen LogP contribution is 2.33. The molecule has 2 heterocycles. The molecule has 1 N–H and O–H groups in total. The molecule has 1 aliphatic carbocycles. The maximum absolute atomic E-state index is 12.4. The molecule has 5 heteroatoms. The molecule has 0 unspecified atom stereocenters. The van der Waals surface area contributed by atoms with Gasteiger partial charge in [0.15, 0.2) is 0 Å². The minimum atomic E-state index is 0.102. The predicted octanol–water partition coefficient (Wildman–Crippen LogP) is 3.39. The summed E-state index contributed by atoms with van der Waals surface area (Å²) in [5, 5.41) is 3.03. The van der Waals surface area contributed by atoms with E-state index in [2.05, 4.69) is 39.6 Å². The lowest BCUT2D eigenvalue weighted by Crippen LogP contribution is -2.25. The number of hydrogen-bond acceptors (Lipinski definition) is 3. The first-order valence-electron chi connectivity index (χ1n) is 9.07. The molecule has 0 saturated carbocycles. The highest BCUT2D eigenvalue weighted by atomic mass is 16.1. The van der Waals surface area contributed by atoms with Crippen LogP contribution in [-0.4, -0.2) is 20.4 Å². The quantitative estimate of drug-likeness (QED) is 0.770. The average Bonchev–Trinajstić information content (AvgIpc) is 3.22. The van der Waals surface area contributed by atoms with Crippen LogP contribution < -0.4 is 5.32 Å². The Morgan fingerprint density at radius 2 is 2.15 bits per heavy atom. The van der Waals surface area contributed by atoms with E-state index in [0.29, 0.717) is 18.9 Å². The molecule has 0 bridgehead atoms. The fraction of sp³-hybridized carbons (Fsp3) is 0.286. The number of carbonyl (C=O) groups excluding carboxylic acids is 1. The summed E-state index contributed by atoms with van der Waals surface area (Å²) >= 11 is 0. The smallest absolute Gasteiger partial charge is 0.220 e. The fourth-order valence-corrected chi connectivity index (χ4v) is 3.63. The molecule has 1 aliphatic rings. The topological polar surface area (TPSA) is 59.8 Å². The third-order valence-electron chi connectivity index (χ3n) is 4.99. The van der Waals surface area contributed by atoms with Crippen molar-refractivity contribution in [3.05, 3.63) is 78.0 Å². The molecule has 26 heavy (non-hydrogen) atoms. The van der Waals surface area contributed by atoms with Crippen molar-refractivity contribution in [3.63, 3.8) is 0 Å². The van der Waals surface area contributed by atoms with Crippen LogP contribution >= 0.6 is 0 Å². The Bertz CT molecular complexity index is 871. The van der Waals surface area contributed by atoms with Gasteiger partial charge in [-0.1, -0.05) is 30.3 Å². The van der Waals surface area contributed by atoms with Crippen molar-refractivity contribution < 1.29 is 4.79 Å². The molecule has 3 aromatic rings. The first-order valence-corrected chi connectivity index (χ1v) is 9.07. The first-order chi connectivity index (χ1) is 12.8. The van der Waals surface area contributed by atoms with Gasteiger partial charge in [-0.2, -0.15) is 0 Å². The van der Waals surface area contributed by atoms with Crippen molar-refractivity contribution in [1.82, 2.24) is 19.9 Å². The number of nitrogens with zero attached hydrogens (tertiary/aromatic N) is 3. The molecule has 0 saturated heterocycles. The van der Waals surface area contributed by atoms with Crippen LogP contribution in [0.5, 0.6) is 0 Å². The molecule has 0 fully saturated rings. The summed E-state index contributed by atoms with van der Waals surface area (Å²) in [5.74, 6) is 1.25. The lowest BCUT2D eigenvalue weighted by Gasteiger charge is -2.25. The largest absolute Gasteiger partial charge is 0.352 e. The predicted molar refractivity (Wildman–Crippen MR) is 99.9 cm³/mol. The molecule has 1 aromatic carbocycles. The molecule has 1 atom stereocenters. The van der Waals surface area contributed by atoms with Gasteiger partial charge < -0.3 is 5.32 Å². The average molecular weight is 346 g/mol. The number of imidazole rings is 1. The highest BCUT2D eigenvalue weighted by molar-refractivity contribution is 5.77. The van der Waals surface area contributed by atoms with Crippen LogP contribution in [0.1, 0.15) is 41.9 Å². The lowest BCUT2D eigenvalue weighted by molar-refractivity contribution is -0.121. The summed E-state index contributed by atoms with van der Waals surface area (Å²) in [6.07, 6.45) is 11.0. The van der Waals surface area contributed by atoms with E-state index in [4.69, 9.17) is 0 Å². The number of benzene rings is 1. The summed E-state index contributed by atoms with van der Waals surface area (Å²) in [6.45, 7) is 0.504. The fourth-order valence-electron chi connectivity index (χ4n) is 3.63. The van der Waals surface area contributed by atoms with Crippen LogP contribution in [0.3, 0.4) is 0 Å². The van der Waals surface area contributed by atoms with E-state index >= 15 is 0 Å². The second-order valence-electron chi connectivity index (χ2n) is 6.76. The van der Waals surface area contributed by atoms with Crippen LogP contribution in [-0.2, 0) is 17.8 Å². The number of aryl methyl sites for hydroxylation is 1. The van der Waals surface area contributed by atoms with Gasteiger partial charge in [0.25, 0.3) is 0 Å². The zero-order chi connectivity index (χ0) is 17.8. The van der Waals surface area contributed by atoms with E-state index in [1.807, 2.05) is 22.9 Å². The number of hydrogen-bond donors (Lipinski definition) is 1. The number of carbonyl (C=O) groups is 1. The Balaban J connectivity index is 1.33. The van der Waals surface area contributed by atoms with Gasteiger partial charge in [0, 0.05) is 31.6 Å². The normalized spacial score (nSPS) is 16.1. The van der Waals surface area contributed by atoms with Crippen LogP contribution in [0.15, 0.2) is 61.3 Å². The Hall–Kier alpha value is -2.95. The van der Waals surface area contributed by atoms with Crippen molar-refractivity contribution in [2.24, 2.45) is 0 Å². The van der Waals surface area contributed by atoms with E-state index in [1.165, 1.54) is 11.1 Å². The summed E-state index contributed by atoms with van der Waals surface area (Å²) in [6, 6.07) is 12.4. The summed E-state index contributed by atoms with van der Waals surface area (Å²) in [5.41, 5.74) is 3.74. The third kappa shape index (κ3) is 3.67. The van der Waals surface area contributed by atoms with Gasteiger partial charge >= 0.3 is 0 Å². The van der Waals surface area contributed by atoms with E-state index in [0.717, 1.165) is 30.6 Å². The maximum atomic E-state index is 12.4. The number of aromatic nitrogens is 3. The van der Waals surface area contributed by atoms with Gasteiger partial charge in [-0.25, -0.2) is 9.97 Å². The van der Waals surface area contributed by atoms with Crippen LogP contribution in [0.25, 0.3) is 5.82 Å². The van der Waals surface area contributed by atoms with Gasteiger partial charge in [0.1, 0.15) is 12.1 Å². The Labute approximate surface area is 153 Å². The number of pyridine rings is 1. The second kappa shape index (κ2) is 7.52. The zero-order valence-electron chi connectivity index (χ0n) is 14.6. The van der Waals surface area contributed by atoms with Crippen molar-refractivity contribution in [2.75, 3.05) is 0 Å². The third-order valence-corrected chi connectivity index (χ3v) is 4.99. The van der Waals surface area contributed by atoms with Gasteiger partial charge in [-0.3, -0.25) is 9.36 Å². The molecular formula is C21H22N4O. The van der Waals surface area contributed by atoms with E-state index in [1.54, 1.807) is 18.7 Å².